The van der Waals surface area contributed by atoms with Crippen molar-refractivity contribution in [3.63, 3.8) is 0 Å². The van der Waals surface area contributed by atoms with Gasteiger partial charge >= 0.3 is 6.09 Å². The molecule has 0 aliphatic rings. The van der Waals surface area contributed by atoms with Gasteiger partial charge in [0.05, 0.1) is 17.9 Å². The highest BCUT2D eigenvalue weighted by molar-refractivity contribution is 5.83. The van der Waals surface area contributed by atoms with E-state index < -0.39 is 6.09 Å². The maximum atomic E-state index is 11.4. The van der Waals surface area contributed by atoms with Crippen molar-refractivity contribution in [2.24, 2.45) is 0 Å². The molecular formula is C13H17N3O2. The smallest absolute Gasteiger partial charge is 0.412 e. The first-order valence-corrected chi connectivity index (χ1v) is 5.90. The Labute approximate surface area is 107 Å². The summed E-state index contributed by atoms with van der Waals surface area (Å²) < 4.78 is 4.97. The number of nitrogens with zero attached hydrogens (tertiary/aromatic N) is 2. The van der Waals surface area contributed by atoms with E-state index in [9.17, 15) is 4.79 Å². The van der Waals surface area contributed by atoms with E-state index in [0.717, 1.165) is 18.4 Å². The maximum Gasteiger partial charge on any atom is 0.412 e. The average Bonchev–Trinajstić information content (AvgIpc) is 2.29. The van der Waals surface area contributed by atoms with Crippen molar-refractivity contribution in [3.8, 4) is 6.07 Å². The topological polar surface area (TPSA) is 75.0 Å². The quantitative estimate of drug-likeness (QED) is 0.830. The molecule has 1 N–H and O–H groups in total. The van der Waals surface area contributed by atoms with Gasteiger partial charge in [-0.15, -0.1) is 0 Å². The van der Waals surface area contributed by atoms with Crippen LogP contribution in [-0.4, -0.2) is 17.7 Å². The van der Waals surface area contributed by atoms with E-state index in [1.54, 1.807) is 19.9 Å². The summed E-state index contributed by atoms with van der Waals surface area (Å²) in [5, 5.41) is 11.5. The third kappa shape index (κ3) is 3.74. The first kappa shape index (κ1) is 14.0. The second-order valence-corrected chi connectivity index (χ2v) is 4.01. The van der Waals surface area contributed by atoms with Crippen LogP contribution < -0.4 is 5.32 Å². The third-order valence-electron chi connectivity index (χ3n) is 2.47. The molecule has 0 aliphatic carbocycles. The van der Waals surface area contributed by atoms with E-state index in [4.69, 9.17) is 10.00 Å². The molecule has 18 heavy (non-hydrogen) atoms. The van der Waals surface area contributed by atoms with Gasteiger partial charge in [-0.05, 0) is 31.9 Å². The van der Waals surface area contributed by atoms with Gasteiger partial charge in [0.1, 0.15) is 11.9 Å². The lowest BCUT2D eigenvalue weighted by Crippen LogP contribution is -2.16. The molecule has 1 aromatic rings. The highest BCUT2D eigenvalue weighted by atomic mass is 16.5. The molecule has 0 saturated carbocycles. The predicted molar refractivity (Wildman–Crippen MR) is 68.3 cm³/mol. The molecule has 5 heteroatoms. The third-order valence-corrected chi connectivity index (χ3v) is 2.47. The fourth-order valence-corrected chi connectivity index (χ4v) is 1.51. The Balaban J connectivity index is 2.69. The first-order chi connectivity index (χ1) is 8.58. The minimum atomic E-state index is -0.514. The number of anilines is 1. The molecule has 5 nitrogen and oxygen atoms in total. The van der Waals surface area contributed by atoms with Gasteiger partial charge in [-0.2, -0.15) is 5.26 Å². The Morgan fingerprint density at radius 2 is 2.28 bits per heavy atom. The number of unbranched alkanes of at least 4 members (excludes halogenated alkanes) is 1. The lowest BCUT2D eigenvalue weighted by molar-refractivity contribution is 0.160. The number of hydrogen-bond donors (Lipinski definition) is 1. The number of aromatic nitrogens is 1. The maximum absolute atomic E-state index is 11.4. The van der Waals surface area contributed by atoms with Gasteiger partial charge in [-0.1, -0.05) is 13.3 Å². The highest BCUT2D eigenvalue weighted by Crippen LogP contribution is 2.15. The van der Waals surface area contributed by atoms with E-state index in [1.807, 2.05) is 6.92 Å². The van der Waals surface area contributed by atoms with E-state index in [0.29, 0.717) is 23.7 Å². The van der Waals surface area contributed by atoms with Crippen LogP contribution in [0.2, 0.25) is 0 Å². The molecule has 0 aliphatic heterocycles. The molecule has 0 radical (unpaired) electrons. The van der Waals surface area contributed by atoms with Crippen molar-refractivity contribution in [3.05, 3.63) is 22.9 Å². The molecule has 0 aromatic carbocycles. The number of carbonyl (C=O) groups is 1. The van der Waals surface area contributed by atoms with Gasteiger partial charge < -0.3 is 4.74 Å². The molecular weight excluding hydrogens is 230 g/mol. The number of nitriles is 1. The number of nitrogens with one attached hydrogen (secondary N) is 1. The summed E-state index contributed by atoms with van der Waals surface area (Å²) in [5.74, 6) is 0.408. The number of rotatable bonds is 4. The minimum Gasteiger partial charge on any atom is -0.449 e. The lowest BCUT2D eigenvalue weighted by atomic mass is 10.1. The van der Waals surface area contributed by atoms with Crippen LogP contribution in [0.1, 0.15) is 36.6 Å². The van der Waals surface area contributed by atoms with Crippen molar-refractivity contribution < 1.29 is 9.53 Å². The summed E-state index contributed by atoms with van der Waals surface area (Å²) in [4.78, 5) is 15.6. The first-order valence-electron chi connectivity index (χ1n) is 5.90. The Hall–Kier alpha value is -2.09. The summed E-state index contributed by atoms with van der Waals surface area (Å²) in [7, 11) is 0. The van der Waals surface area contributed by atoms with E-state index in [2.05, 4.69) is 16.4 Å². The monoisotopic (exact) mass is 247 g/mol. The number of hydrogen-bond acceptors (Lipinski definition) is 4. The molecule has 0 unspecified atom stereocenters. The van der Waals surface area contributed by atoms with Gasteiger partial charge in [0.25, 0.3) is 0 Å². The van der Waals surface area contributed by atoms with Crippen LogP contribution in [0.5, 0.6) is 0 Å². The molecule has 1 rings (SSSR count). The van der Waals surface area contributed by atoms with E-state index in [1.165, 1.54) is 0 Å². The standard InChI is InChI=1S/C13H17N3O2/c1-4-5-6-18-13(17)16-12-7-9(2)11(8-14)10(3)15-12/h7H,4-6H2,1-3H3,(H,15,16,17). The van der Waals surface area contributed by atoms with Crippen LogP contribution in [0.3, 0.4) is 0 Å². The van der Waals surface area contributed by atoms with Crippen molar-refractivity contribution in [2.45, 2.75) is 33.6 Å². The van der Waals surface area contributed by atoms with Crippen LogP contribution >= 0.6 is 0 Å². The largest absolute Gasteiger partial charge is 0.449 e. The average molecular weight is 247 g/mol. The second-order valence-electron chi connectivity index (χ2n) is 4.01. The van der Waals surface area contributed by atoms with Gasteiger partial charge in [-0.3, -0.25) is 5.32 Å². The van der Waals surface area contributed by atoms with Gasteiger partial charge in [0, 0.05) is 0 Å². The SMILES string of the molecule is CCCCOC(=O)Nc1cc(C)c(C#N)c(C)n1. The minimum absolute atomic E-state index is 0.399. The molecule has 96 valence electrons. The molecule has 0 spiro atoms. The number of pyridine rings is 1. The Bertz CT molecular complexity index is 455. The van der Waals surface area contributed by atoms with Crippen molar-refractivity contribution in [1.29, 1.82) is 5.26 Å². The van der Waals surface area contributed by atoms with Crippen LogP contribution in [0, 0.1) is 25.2 Å². The number of ether oxygens (including phenoxy) is 1. The molecule has 0 bridgehead atoms. The summed E-state index contributed by atoms with van der Waals surface area (Å²) in [6.07, 6.45) is 1.30. The Kier molecular flexibility index (Phi) is 5.12. The molecule has 0 fully saturated rings. The number of carbonyl (C=O) groups excluding carboxylic acids is 1. The fraction of sp³-hybridized carbons (Fsp3) is 0.462. The summed E-state index contributed by atoms with van der Waals surface area (Å²) in [6.45, 7) is 5.96. The summed E-state index contributed by atoms with van der Waals surface area (Å²) in [5.41, 5.74) is 1.93. The molecule has 0 atom stereocenters. The normalized spacial score (nSPS) is 9.67. The fourth-order valence-electron chi connectivity index (χ4n) is 1.51. The number of amides is 1. The molecule has 1 heterocycles. The zero-order chi connectivity index (χ0) is 13.5. The molecule has 1 amide bonds. The van der Waals surface area contributed by atoms with Gasteiger partial charge in [-0.25, -0.2) is 9.78 Å². The Morgan fingerprint density at radius 1 is 1.56 bits per heavy atom. The van der Waals surface area contributed by atoms with Gasteiger partial charge in [0.15, 0.2) is 0 Å². The van der Waals surface area contributed by atoms with Crippen molar-refractivity contribution in [2.75, 3.05) is 11.9 Å². The van der Waals surface area contributed by atoms with E-state index >= 15 is 0 Å². The van der Waals surface area contributed by atoms with Crippen LogP contribution in [0.4, 0.5) is 10.6 Å². The predicted octanol–water partition coefficient (Wildman–Crippen LogP) is 2.92. The van der Waals surface area contributed by atoms with Crippen LogP contribution in [0.25, 0.3) is 0 Å². The Morgan fingerprint density at radius 3 is 2.83 bits per heavy atom. The van der Waals surface area contributed by atoms with Crippen molar-refractivity contribution in [1.82, 2.24) is 4.98 Å². The number of aryl methyl sites for hydroxylation is 2. The van der Waals surface area contributed by atoms with Crippen LogP contribution in [0.15, 0.2) is 6.07 Å². The van der Waals surface area contributed by atoms with E-state index in [-0.39, 0.29) is 0 Å². The zero-order valence-corrected chi connectivity index (χ0v) is 10.9. The molecule has 1 aromatic heterocycles. The summed E-state index contributed by atoms with van der Waals surface area (Å²) in [6, 6.07) is 3.74. The summed E-state index contributed by atoms with van der Waals surface area (Å²) >= 11 is 0. The van der Waals surface area contributed by atoms with Crippen LogP contribution in [-0.2, 0) is 4.74 Å². The zero-order valence-electron chi connectivity index (χ0n) is 10.9. The van der Waals surface area contributed by atoms with Crippen molar-refractivity contribution >= 4 is 11.9 Å². The second kappa shape index (κ2) is 6.60. The van der Waals surface area contributed by atoms with Gasteiger partial charge in [0.2, 0.25) is 0 Å². The highest BCUT2D eigenvalue weighted by Gasteiger charge is 2.09. The lowest BCUT2D eigenvalue weighted by Gasteiger charge is -2.08. The molecule has 0 saturated heterocycles.